The van der Waals surface area contributed by atoms with Crippen LogP contribution in [-0.2, 0) is 8.84 Å². The molecule has 1 nitrogen and oxygen atoms in total. The highest BCUT2D eigenvalue weighted by Crippen LogP contribution is 2.36. The van der Waals surface area contributed by atoms with Crippen LogP contribution in [0.1, 0.15) is 45.2 Å². The number of thiazole rings is 1. The molecular weight excluding hydrogens is 341 g/mol. The molecule has 17 heavy (non-hydrogen) atoms. The smallest absolute Gasteiger partial charge is 0.0992 e. The summed E-state index contributed by atoms with van der Waals surface area (Å²) in [5.41, 5.74) is 2.64. The van der Waals surface area contributed by atoms with Crippen LogP contribution in [0.25, 0.3) is 10.2 Å². The van der Waals surface area contributed by atoms with Crippen LogP contribution >= 0.6 is 33.9 Å². The Bertz CT molecular complexity index is 531. The normalized spacial score (nSPS) is 13.3. The molecule has 92 valence electrons. The van der Waals surface area contributed by atoms with E-state index >= 15 is 0 Å². The van der Waals surface area contributed by atoms with Crippen molar-refractivity contribution in [2.24, 2.45) is 0 Å². The van der Waals surface area contributed by atoms with Crippen LogP contribution in [0.15, 0.2) is 18.2 Å². The third-order valence-corrected chi connectivity index (χ3v) is 4.78. The Morgan fingerprint density at radius 2 is 1.76 bits per heavy atom. The topological polar surface area (TPSA) is 12.9 Å². The summed E-state index contributed by atoms with van der Waals surface area (Å²) in [7, 11) is 0. The highest BCUT2D eigenvalue weighted by molar-refractivity contribution is 14.1. The summed E-state index contributed by atoms with van der Waals surface area (Å²) < 4.78 is 1.48. The lowest BCUT2D eigenvalue weighted by atomic mass is 9.98. The first kappa shape index (κ1) is 13.3. The fourth-order valence-electron chi connectivity index (χ4n) is 1.62. The standard InChI is InChI=1S/C14H18INS/c1-13(2,3)12-16-10-7-6-9(14(4,5)15)8-11(10)17-12/h6-8H,1-5H3. The summed E-state index contributed by atoms with van der Waals surface area (Å²) in [6.07, 6.45) is 0. The van der Waals surface area contributed by atoms with Crippen molar-refractivity contribution in [3.8, 4) is 0 Å². The lowest BCUT2D eigenvalue weighted by Crippen LogP contribution is -2.09. The van der Waals surface area contributed by atoms with Crippen molar-refractivity contribution in [1.29, 1.82) is 0 Å². The van der Waals surface area contributed by atoms with Gasteiger partial charge in [-0.05, 0) is 31.5 Å². The van der Waals surface area contributed by atoms with Crippen molar-refractivity contribution in [3.05, 3.63) is 28.8 Å². The van der Waals surface area contributed by atoms with Crippen LogP contribution in [0.2, 0.25) is 0 Å². The number of hydrogen-bond donors (Lipinski definition) is 0. The maximum absolute atomic E-state index is 4.72. The largest absolute Gasteiger partial charge is 0.241 e. The van der Waals surface area contributed by atoms with Crippen molar-refractivity contribution in [2.75, 3.05) is 0 Å². The van der Waals surface area contributed by atoms with E-state index in [0.717, 1.165) is 5.52 Å². The number of rotatable bonds is 1. The molecule has 0 atom stereocenters. The molecule has 0 fully saturated rings. The Hall–Kier alpha value is -0.160. The lowest BCUT2D eigenvalue weighted by Gasteiger charge is -2.16. The Morgan fingerprint density at radius 1 is 1.12 bits per heavy atom. The van der Waals surface area contributed by atoms with Gasteiger partial charge in [-0.3, -0.25) is 0 Å². The molecule has 1 aromatic heterocycles. The number of fused-ring (bicyclic) bond motifs is 1. The average molecular weight is 359 g/mol. The zero-order valence-electron chi connectivity index (χ0n) is 11.0. The number of nitrogens with zero attached hydrogens (tertiary/aromatic N) is 1. The molecule has 0 amide bonds. The molecule has 0 aliphatic carbocycles. The molecular formula is C14H18INS. The Morgan fingerprint density at radius 3 is 2.29 bits per heavy atom. The second kappa shape index (κ2) is 4.19. The van der Waals surface area contributed by atoms with Crippen molar-refractivity contribution in [2.45, 2.75) is 43.5 Å². The zero-order valence-corrected chi connectivity index (χ0v) is 13.9. The molecule has 0 radical (unpaired) electrons. The molecule has 0 aliphatic heterocycles. The quantitative estimate of drug-likeness (QED) is 0.500. The number of benzene rings is 1. The predicted octanol–water partition coefficient (Wildman–Crippen LogP) is 5.26. The molecule has 1 aromatic carbocycles. The fraction of sp³-hybridized carbons (Fsp3) is 0.500. The molecule has 0 aliphatic rings. The van der Waals surface area contributed by atoms with Gasteiger partial charge in [0.1, 0.15) is 0 Å². The van der Waals surface area contributed by atoms with Crippen LogP contribution in [-0.4, -0.2) is 4.98 Å². The van der Waals surface area contributed by atoms with Crippen molar-refractivity contribution in [1.82, 2.24) is 4.98 Å². The lowest BCUT2D eigenvalue weighted by molar-refractivity contribution is 0.587. The molecule has 0 saturated carbocycles. The first-order valence-corrected chi connectivity index (χ1v) is 7.68. The highest BCUT2D eigenvalue weighted by atomic mass is 127. The van der Waals surface area contributed by atoms with Crippen LogP contribution < -0.4 is 0 Å². The van der Waals surface area contributed by atoms with E-state index in [1.165, 1.54) is 15.3 Å². The summed E-state index contributed by atoms with van der Waals surface area (Å²) in [4.78, 5) is 4.72. The molecule has 0 N–H and O–H groups in total. The van der Waals surface area contributed by atoms with E-state index in [4.69, 9.17) is 4.98 Å². The van der Waals surface area contributed by atoms with Gasteiger partial charge in [-0.25, -0.2) is 4.98 Å². The predicted molar refractivity (Wildman–Crippen MR) is 85.4 cm³/mol. The highest BCUT2D eigenvalue weighted by Gasteiger charge is 2.21. The number of halogens is 1. The second-order valence-electron chi connectivity index (χ2n) is 5.92. The summed E-state index contributed by atoms with van der Waals surface area (Å²) in [6.45, 7) is 11.1. The van der Waals surface area contributed by atoms with E-state index in [9.17, 15) is 0 Å². The fourth-order valence-corrected chi connectivity index (χ4v) is 3.01. The molecule has 0 saturated heterocycles. The van der Waals surface area contributed by atoms with Crippen molar-refractivity contribution < 1.29 is 0 Å². The number of alkyl halides is 1. The van der Waals surface area contributed by atoms with Gasteiger partial charge >= 0.3 is 0 Å². The Labute approximate surface area is 121 Å². The minimum absolute atomic E-state index is 0.143. The van der Waals surface area contributed by atoms with Crippen LogP contribution in [0.4, 0.5) is 0 Å². The summed E-state index contributed by atoms with van der Waals surface area (Å²) in [5, 5.41) is 1.22. The van der Waals surface area contributed by atoms with E-state index in [1.54, 1.807) is 0 Å². The van der Waals surface area contributed by atoms with E-state index < -0.39 is 0 Å². The summed E-state index contributed by atoms with van der Waals surface area (Å²) in [6, 6.07) is 6.63. The van der Waals surface area contributed by atoms with E-state index in [0.29, 0.717) is 0 Å². The second-order valence-corrected chi connectivity index (χ2v) is 9.65. The van der Waals surface area contributed by atoms with Crippen LogP contribution in [0.5, 0.6) is 0 Å². The number of hydrogen-bond acceptors (Lipinski definition) is 2. The van der Waals surface area contributed by atoms with E-state index in [-0.39, 0.29) is 8.84 Å². The molecule has 2 rings (SSSR count). The molecule has 2 aromatic rings. The van der Waals surface area contributed by atoms with Gasteiger partial charge in [0.05, 0.1) is 15.2 Å². The zero-order chi connectivity index (χ0) is 12.8. The van der Waals surface area contributed by atoms with Gasteiger partial charge in [0.15, 0.2) is 0 Å². The molecule has 0 bridgehead atoms. The first-order valence-electron chi connectivity index (χ1n) is 5.78. The number of aromatic nitrogens is 1. The minimum atomic E-state index is 0.143. The van der Waals surface area contributed by atoms with Crippen LogP contribution in [0.3, 0.4) is 0 Å². The van der Waals surface area contributed by atoms with Gasteiger partial charge in [-0.1, -0.05) is 49.4 Å². The van der Waals surface area contributed by atoms with Crippen LogP contribution in [0, 0.1) is 0 Å². The Kier molecular flexibility index (Phi) is 3.28. The van der Waals surface area contributed by atoms with E-state index in [2.05, 4.69) is 75.4 Å². The monoisotopic (exact) mass is 359 g/mol. The first-order chi connectivity index (χ1) is 7.68. The van der Waals surface area contributed by atoms with Gasteiger partial charge in [0.2, 0.25) is 0 Å². The SMILES string of the molecule is CC(C)(C)c1nc2ccc(C(C)(C)I)cc2s1. The molecule has 0 unspecified atom stereocenters. The maximum atomic E-state index is 4.72. The molecule has 3 heteroatoms. The molecule has 1 heterocycles. The summed E-state index contributed by atoms with van der Waals surface area (Å²) in [5.74, 6) is 0. The van der Waals surface area contributed by atoms with Gasteiger partial charge < -0.3 is 0 Å². The molecule has 0 spiro atoms. The van der Waals surface area contributed by atoms with E-state index in [1.807, 2.05) is 11.3 Å². The maximum Gasteiger partial charge on any atom is 0.0992 e. The Balaban J connectivity index is 2.56. The van der Waals surface area contributed by atoms with Crippen molar-refractivity contribution >= 4 is 44.1 Å². The van der Waals surface area contributed by atoms with Gasteiger partial charge in [0, 0.05) is 8.84 Å². The third kappa shape index (κ3) is 2.81. The minimum Gasteiger partial charge on any atom is -0.241 e. The van der Waals surface area contributed by atoms with Gasteiger partial charge in [-0.15, -0.1) is 11.3 Å². The average Bonchev–Trinajstić information content (AvgIpc) is 2.57. The van der Waals surface area contributed by atoms with Crippen molar-refractivity contribution in [3.63, 3.8) is 0 Å². The van der Waals surface area contributed by atoms with Gasteiger partial charge in [0.25, 0.3) is 0 Å². The summed E-state index contributed by atoms with van der Waals surface area (Å²) >= 11 is 4.30. The third-order valence-electron chi connectivity index (χ3n) is 2.72. The van der Waals surface area contributed by atoms with Gasteiger partial charge in [-0.2, -0.15) is 0 Å².